The fourth-order valence-corrected chi connectivity index (χ4v) is 3.55. The quantitative estimate of drug-likeness (QED) is 0.692. The van der Waals surface area contributed by atoms with Crippen molar-refractivity contribution in [1.29, 1.82) is 0 Å². The Kier molecular flexibility index (Phi) is 5.58. The molecule has 1 saturated heterocycles. The van der Waals surface area contributed by atoms with E-state index >= 15 is 0 Å². The summed E-state index contributed by atoms with van der Waals surface area (Å²) in [6.07, 6.45) is 0.612. The van der Waals surface area contributed by atoms with Gasteiger partial charge in [-0.1, -0.05) is 0 Å². The number of carbonyl (C=O) groups is 2. The molecule has 0 atom stereocenters. The average Bonchev–Trinajstić information content (AvgIpc) is 2.70. The van der Waals surface area contributed by atoms with Gasteiger partial charge in [0.2, 0.25) is 5.91 Å². The number of piperidine rings is 1. The zero-order valence-corrected chi connectivity index (χ0v) is 16.1. The van der Waals surface area contributed by atoms with Gasteiger partial charge in [0.15, 0.2) is 11.5 Å². The van der Waals surface area contributed by atoms with Gasteiger partial charge in [-0.2, -0.15) is 0 Å². The van der Waals surface area contributed by atoms with Gasteiger partial charge < -0.3 is 28.7 Å². The van der Waals surface area contributed by atoms with E-state index in [9.17, 15) is 19.5 Å². The Bertz CT molecular complexity index is 971. The van der Waals surface area contributed by atoms with Crippen LogP contribution >= 0.6 is 0 Å². The SMILES string of the molecule is COc1cc2oc(=O)c(CC(=O)N3CCC(C(=O)[O-])CC3)c(C)c2cc1OC. The molecular formula is C20H22NO7-. The predicted molar refractivity (Wildman–Crippen MR) is 98.3 cm³/mol. The number of carboxylic acids is 1. The molecule has 1 aliphatic rings. The topological polar surface area (TPSA) is 109 Å². The van der Waals surface area contributed by atoms with E-state index in [-0.39, 0.29) is 17.9 Å². The molecule has 1 aromatic carbocycles. The van der Waals surface area contributed by atoms with E-state index in [0.29, 0.717) is 54.0 Å². The van der Waals surface area contributed by atoms with Gasteiger partial charge in [-0.05, 0) is 31.4 Å². The van der Waals surface area contributed by atoms with Gasteiger partial charge in [-0.3, -0.25) is 4.79 Å². The van der Waals surface area contributed by atoms with E-state index < -0.39 is 17.5 Å². The smallest absolute Gasteiger partial charge is 0.340 e. The standard InChI is InChI=1S/C20H23NO7/c1-11-13-8-16(26-2)17(27-3)10-15(13)28-20(25)14(11)9-18(22)21-6-4-12(5-7-21)19(23)24/h8,10,12H,4-7,9H2,1-3H3,(H,23,24)/p-1. The predicted octanol–water partition coefficient (Wildman–Crippen LogP) is 0.650. The molecule has 0 bridgehead atoms. The van der Waals surface area contributed by atoms with E-state index in [4.69, 9.17) is 13.9 Å². The van der Waals surface area contributed by atoms with Crippen LogP contribution in [0.1, 0.15) is 24.0 Å². The number of aryl methyl sites for hydroxylation is 1. The third-order valence-electron chi connectivity index (χ3n) is 5.30. The maximum Gasteiger partial charge on any atom is 0.340 e. The van der Waals surface area contributed by atoms with Gasteiger partial charge >= 0.3 is 5.63 Å². The third kappa shape index (κ3) is 3.67. The van der Waals surface area contributed by atoms with Crippen molar-refractivity contribution in [1.82, 2.24) is 4.90 Å². The molecule has 1 aliphatic heterocycles. The number of carboxylic acid groups (broad SMARTS) is 1. The summed E-state index contributed by atoms with van der Waals surface area (Å²) in [6, 6.07) is 3.30. The first-order valence-electron chi connectivity index (χ1n) is 9.02. The van der Waals surface area contributed by atoms with Crippen LogP contribution in [0.15, 0.2) is 21.3 Å². The molecule has 0 unspecified atom stereocenters. The minimum absolute atomic E-state index is 0.103. The number of fused-ring (bicyclic) bond motifs is 1. The molecule has 2 heterocycles. The first-order valence-corrected chi connectivity index (χ1v) is 9.02. The summed E-state index contributed by atoms with van der Waals surface area (Å²) in [6.45, 7) is 2.43. The summed E-state index contributed by atoms with van der Waals surface area (Å²) >= 11 is 0. The van der Waals surface area contributed by atoms with Crippen LogP contribution in [-0.2, 0) is 16.0 Å². The van der Waals surface area contributed by atoms with Crippen molar-refractivity contribution >= 4 is 22.8 Å². The minimum Gasteiger partial charge on any atom is -0.550 e. The number of rotatable bonds is 5. The van der Waals surface area contributed by atoms with Crippen molar-refractivity contribution in [2.45, 2.75) is 26.2 Å². The largest absolute Gasteiger partial charge is 0.550 e. The number of nitrogens with zero attached hydrogens (tertiary/aromatic N) is 1. The van der Waals surface area contributed by atoms with Gasteiger partial charge in [-0.25, -0.2) is 4.79 Å². The normalized spacial score (nSPS) is 14.9. The molecule has 1 amide bonds. The highest BCUT2D eigenvalue weighted by Crippen LogP contribution is 2.33. The minimum atomic E-state index is -1.08. The summed E-state index contributed by atoms with van der Waals surface area (Å²) in [4.78, 5) is 37.6. The number of carbonyl (C=O) groups excluding carboxylic acids is 2. The van der Waals surface area contributed by atoms with Gasteiger partial charge in [0, 0.05) is 36.4 Å². The molecule has 1 aromatic heterocycles. The maximum atomic E-state index is 12.6. The first kappa shape index (κ1) is 19.7. The van der Waals surface area contributed by atoms with Crippen LogP contribution in [0.5, 0.6) is 11.5 Å². The van der Waals surface area contributed by atoms with Crippen LogP contribution in [0.2, 0.25) is 0 Å². The molecule has 3 rings (SSSR count). The number of hydrogen-bond donors (Lipinski definition) is 0. The summed E-state index contributed by atoms with van der Waals surface area (Å²) in [5.74, 6) is -0.903. The lowest BCUT2D eigenvalue weighted by Gasteiger charge is -2.32. The van der Waals surface area contributed by atoms with Crippen molar-refractivity contribution in [3.05, 3.63) is 33.7 Å². The molecule has 0 radical (unpaired) electrons. The fourth-order valence-electron chi connectivity index (χ4n) is 3.55. The number of likely N-dealkylation sites (tertiary alicyclic amines) is 1. The number of amides is 1. The van der Waals surface area contributed by atoms with E-state index in [0.717, 1.165) is 0 Å². The fraction of sp³-hybridized carbons (Fsp3) is 0.450. The molecular weight excluding hydrogens is 366 g/mol. The van der Waals surface area contributed by atoms with Crippen LogP contribution in [-0.4, -0.2) is 44.1 Å². The summed E-state index contributed by atoms with van der Waals surface area (Å²) in [7, 11) is 3.00. The van der Waals surface area contributed by atoms with E-state index in [1.165, 1.54) is 14.2 Å². The van der Waals surface area contributed by atoms with Crippen LogP contribution < -0.4 is 20.2 Å². The van der Waals surface area contributed by atoms with E-state index in [1.807, 2.05) is 0 Å². The monoisotopic (exact) mass is 388 g/mol. The molecule has 8 nitrogen and oxygen atoms in total. The Labute approximate surface area is 161 Å². The molecule has 0 saturated carbocycles. The lowest BCUT2D eigenvalue weighted by molar-refractivity contribution is -0.312. The Balaban J connectivity index is 1.88. The van der Waals surface area contributed by atoms with Crippen LogP contribution in [0.4, 0.5) is 0 Å². The number of hydrogen-bond acceptors (Lipinski definition) is 7. The summed E-state index contributed by atoms with van der Waals surface area (Å²) in [5.41, 5.74) is 0.707. The summed E-state index contributed by atoms with van der Waals surface area (Å²) < 4.78 is 15.9. The Hall–Kier alpha value is -3.03. The molecule has 28 heavy (non-hydrogen) atoms. The van der Waals surface area contributed by atoms with Crippen molar-refractivity contribution in [3.8, 4) is 11.5 Å². The lowest BCUT2D eigenvalue weighted by atomic mass is 9.96. The zero-order chi connectivity index (χ0) is 20.4. The van der Waals surface area contributed by atoms with Crippen molar-refractivity contribution in [2.75, 3.05) is 27.3 Å². The molecule has 0 spiro atoms. The first-order chi connectivity index (χ1) is 13.3. The van der Waals surface area contributed by atoms with E-state index in [2.05, 4.69) is 0 Å². The Morgan fingerprint density at radius 1 is 1.18 bits per heavy atom. The molecule has 8 heteroatoms. The number of aliphatic carboxylic acids is 1. The maximum absolute atomic E-state index is 12.6. The van der Waals surface area contributed by atoms with Crippen LogP contribution in [0.25, 0.3) is 11.0 Å². The number of methoxy groups -OCH3 is 2. The second-order valence-corrected chi connectivity index (χ2v) is 6.85. The van der Waals surface area contributed by atoms with Crippen LogP contribution in [0.3, 0.4) is 0 Å². The van der Waals surface area contributed by atoms with Gasteiger partial charge in [0.1, 0.15) is 5.58 Å². The third-order valence-corrected chi connectivity index (χ3v) is 5.30. The van der Waals surface area contributed by atoms with E-state index in [1.54, 1.807) is 24.0 Å². The number of ether oxygens (including phenoxy) is 2. The number of benzene rings is 1. The Morgan fingerprint density at radius 3 is 2.36 bits per heavy atom. The molecule has 0 aliphatic carbocycles. The van der Waals surface area contributed by atoms with Gasteiger partial charge in [0.25, 0.3) is 0 Å². The van der Waals surface area contributed by atoms with Crippen LogP contribution in [0, 0.1) is 12.8 Å². The van der Waals surface area contributed by atoms with Crippen molar-refractivity contribution < 1.29 is 28.6 Å². The molecule has 2 aromatic rings. The average molecular weight is 388 g/mol. The molecule has 1 fully saturated rings. The van der Waals surface area contributed by atoms with Gasteiger partial charge in [-0.15, -0.1) is 0 Å². The highest BCUT2D eigenvalue weighted by Gasteiger charge is 2.25. The lowest BCUT2D eigenvalue weighted by Crippen LogP contribution is -2.44. The molecule has 0 N–H and O–H groups in total. The zero-order valence-electron chi connectivity index (χ0n) is 16.1. The second-order valence-electron chi connectivity index (χ2n) is 6.85. The highest BCUT2D eigenvalue weighted by atomic mass is 16.5. The molecule has 150 valence electrons. The highest BCUT2D eigenvalue weighted by molar-refractivity contribution is 5.87. The van der Waals surface area contributed by atoms with Crippen molar-refractivity contribution in [3.63, 3.8) is 0 Å². The van der Waals surface area contributed by atoms with Crippen molar-refractivity contribution in [2.24, 2.45) is 5.92 Å². The summed E-state index contributed by atoms with van der Waals surface area (Å²) in [5, 5.41) is 11.6. The van der Waals surface area contributed by atoms with Gasteiger partial charge in [0.05, 0.1) is 26.2 Å². The Morgan fingerprint density at radius 2 is 1.79 bits per heavy atom. The second kappa shape index (κ2) is 7.92.